The minimum atomic E-state index is -3.87. The summed E-state index contributed by atoms with van der Waals surface area (Å²) in [6.45, 7) is -0.321. The van der Waals surface area contributed by atoms with Crippen molar-refractivity contribution in [3.63, 3.8) is 0 Å². The molecule has 0 spiro atoms. The Labute approximate surface area is 117 Å². The van der Waals surface area contributed by atoms with Crippen molar-refractivity contribution in [2.45, 2.75) is 17.1 Å². The summed E-state index contributed by atoms with van der Waals surface area (Å²) in [5, 5.41) is 18.6. The molecule has 0 amide bonds. The van der Waals surface area contributed by atoms with E-state index < -0.39 is 22.2 Å². The third-order valence-electron chi connectivity index (χ3n) is 2.62. The second-order valence-corrected chi connectivity index (χ2v) is 7.08. The van der Waals surface area contributed by atoms with E-state index in [1.54, 1.807) is 0 Å². The molecule has 1 saturated heterocycles. The third-order valence-corrected chi connectivity index (χ3v) is 5.31. The lowest BCUT2D eigenvalue weighted by atomic mass is 10.3. The summed E-state index contributed by atoms with van der Waals surface area (Å²) < 4.78 is 26.0. The first-order valence-electron chi connectivity index (χ1n) is 4.99. The maximum Gasteiger partial charge on any atom is 0.246 e. The van der Waals surface area contributed by atoms with E-state index in [1.807, 2.05) is 0 Å². The second kappa shape index (κ2) is 5.03. The van der Waals surface area contributed by atoms with Crippen molar-refractivity contribution in [1.29, 1.82) is 0 Å². The van der Waals surface area contributed by atoms with Crippen LogP contribution >= 0.6 is 27.5 Å². The van der Waals surface area contributed by atoms with Crippen molar-refractivity contribution < 1.29 is 18.6 Å². The van der Waals surface area contributed by atoms with Gasteiger partial charge in [-0.2, -0.15) is 4.31 Å². The zero-order valence-electron chi connectivity index (χ0n) is 8.99. The van der Waals surface area contributed by atoms with Crippen LogP contribution in [0.25, 0.3) is 0 Å². The molecule has 2 N–H and O–H groups in total. The van der Waals surface area contributed by atoms with Crippen molar-refractivity contribution in [3.05, 3.63) is 21.9 Å². The number of pyridine rings is 1. The van der Waals surface area contributed by atoms with E-state index in [-0.39, 0.29) is 23.1 Å². The average Bonchev–Trinajstić information content (AvgIpc) is 2.63. The minimum Gasteiger partial charge on any atom is -0.389 e. The molecule has 18 heavy (non-hydrogen) atoms. The monoisotopic (exact) mass is 356 g/mol. The molecule has 1 fully saturated rings. The summed E-state index contributed by atoms with van der Waals surface area (Å²) in [6, 6.07) is 1.34. The van der Waals surface area contributed by atoms with Gasteiger partial charge in [0.05, 0.1) is 12.2 Å². The molecule has 0 aromatic carbocycles. The summed E-state index contributed by atoms with van der Waals surface area (Å²) in [7, 11) is -3.87. The van der Waals surface area contributed by atoms with Crippen molar-refractivity contribution in [2.24, 2.45) is 0 Å². The van der Waals surface area contributed by atoms with Gasteiger partial charge in [-0.3, -0.25) is 0 Å². The van der Waals surface area contributed by atoms with Crippen molar-refractivity contribution >= 4 is 37.6 Å². The maximum atomic E-state index is 12.3. The molecule has 1 aliphatic heterocycles. The average molecular weight is 358 g/mol. The normalized spacial score (nSPS) is 25.6. The van der Waals surface area contributed by atoms with Gasteiger partial charge in [0.25, 0.3) is 0 Å². The zero-order valence-corrected chi connectivity index (χ0v) is 12.2. The van der Waals surface area contributed by atoms with Gasteiger partial charge in [0.15, 0.2) is 0 Å². The van der Waals surface area contributed by atoms with Crippen LogP contribution in [0.4, 0.5) is 0 Å². The predicted octanol–water partition coefficient (Wildman–Crippen LogP) is 0.224. The highest BCUT2D eigenvalue weighted by Gasteiger charge is 2.38. The molecule has 2 rings (SSSR count). The summed E-state index contributed by atoms with van der Waals surface area (Å²) >= 11 is 8.89. The number of aliphatic hydroxyl groups is 2. The molecule has 6 nitrogen and oxygen atoms in total. The van der Waals surface area contributed by atoms with E-state index in [2.05, 4.69) is 20.9 Å². The van der Waals surface area contributed by atoms with Crippen molar-refractivity contribution in [3.8, 4) is 0 Å². The molecule has 1 aromatic heterocycles. The first kappa shape index (κ1) is 14.2. The van der Waals surface area contributed by atoms with Gasteiger partial charge in [-0.05, 0) is 22.0 Å². The van der Waals surface area contributed by atoms with Crippen LogP contribution in [0.5, 0.6) is 0 Å². The molecule has 1 aliphatic rings. The molecule has 0 aliphatic carbocycles. The first-order chi connectivity index (χ1) is 8.32. The number of sulfonamides is 1. The predicted molar refractivity (Wildman–Crippen MR) is 67.7 cm³/mol. The van der Waals surface area contributed by atoms with Gasteiger partial charge in [-0.1, -0.05) is 11.6 Å². The van der Waals surface area contributed by atoms with Gasteiger partial charge in [0.2, 0.25) is 10.0 Å². The van der Waals surface area contributed by atoms with E-state index in [0.29, 0.717) is 4.47 Å². The van der Waals surface area contributed by atoms with E-state index in [0.717, 1.165) is 4.31 Å². The lowest BCUT2D eigenvalue weighted by Gasteiger charge is -2.16. The van der Waals surface area contributed by atoms with Crippen LogP contribution in [0.15, 0.2) is 21.6 Å². The number of aromatic nitrogens is 1. The summed E-state index contributed by atoms with van der Waals surface area (Å²) in [6.07, 6.45) is -0.785. The van der Waals surface area contributed by atoms with Gasteiger partial charge >= 0.3 is 0 Å². The second-order valence-electron chi connectivity index (χ2n) is 3.90. The molecular weight excluding hydrogens is 348 g/mol. The number of halogens is 2. The molecule has 0 radical (unpaired) electrons. The fraction of sp³-hybridized carbons (Fsp3) is 0.444. The fourth-order valence-corrected chi connectivity index (χ4v) is 4.05. The summed E-state index contributed by atoms with van der Waals surface area (Å²) in [5.74, 6) is 0. The number of nitrogens with zero attached hydrogens (tertiary/aromatic N) is 2. The van der Waals surface area contributed by atoms with Gasteiger partial charge in [-0.25, -0.2) is 13.4 Å². The van der Waals surface area contributed by atoms with Crippen molar-refractivity contribution in [2.75, 3.05) is 13.1 Å². The number of hydrogen-bond donors (Lipinski definition) is 2. The van der Waals surface area contributed by atoms with Crippen LogP contribution < -0.4 is 0 Å². The van der Waals surface area contributed by atoms with Gasteiger partial charge < -0.3 is 10.2 Å². The Kier molecular flexibility index (Phi) is 3.96. The van der Waals surface area contributed by atoms with Gasteiger partial charge in [0, 0.05) is 23.8 Å². The molecular formula is C9H10BrClN2O4S. The largest absolute Gasteiger partial charge is 0.389 e. The first-order valence-corrected chi connectivity index (χ1v) is 7.61. The Bertz CT molecular complexity index is 558. The molecule has 0 bridgehead atoms. The van der Waals surface area contributed by atoms with Crippen LogP contribution in [-0.4, -0.2) is 53.2 Å². The highest BCUT2D eigenvalue weighted by Crippen LogP contribution is 2.28. The highest BCUT2D eigenvalue weighted by molar-refractivity contribution is 9.10. The SMILES string of the molecule is O=S(=O)(c1cc(Br)cnc1Cl)N1CC(O)C(O)C1. The van der Waals surface area contributed by atoms with Gasteiger partial charge in [-0.15, -0.1) is 0 Å². The topological polar surface area (TPSA) is 90.7 Å². The summed E-state index contributed by atoms with van der Waals surface area (Å²) in [4.78, 5) is 3.59. The van der Waals surface area contributed by atoms with E-state index in [9.17, 15) is 18.6 Å². The van der Waals surface area contributed by atoms with Gasteiger partial charge in [0.1, 0.15) is 10.0 Å². The summed E-state index contributed by atoms with van der Waals surface area (Å²) in [5.41, 5.74) is 0. The maximum absolute atomic E-state index is 12.3. The van der Waals surface area contributed by atoms with E-state index in [4.69, 9.17) is 11.6 Å². The Hall–Kier alpha value is -0.250. The quantitative estimate of drug-likeness (QED) is 0.739. The Morgan fingerprint density at radius 1 is 1.39 bits per heavy atom. The highest BCUT2D eigenvalue weighted by atomic mass is 79.9. The van der Waals surface area contributed by atoms with Crippen LogP contribution in [0.3, 0.4) is 0 Å². The standard InChI is InChI=1S/C9H10BrClN2O4S/c10-5-1-8(9(11)12-2-5)18(16,17)13-3-6(14)7(15)4-13/h1-2,6-7,14-15H,3-4H2. The molecule has 0 saturated carbocycles. The van der Waals surface area contributed by atoms with Crippen LogP contribution in [0.2, 0.25) is 5.15 Å². The lowest BCUT2D eigenvalue weighted by Crippen LogP contribution is -2.30. The zero-order chi connectivity index (χ0) is 13.5. The Morgan fingerprint density at radius 2 is 1.94 bits per heavy atom. The smallest absolute Gasteiger partial charge is 0.246 e. The third kappa shape index (κ3) is 2.54. The minimum absolute atomic E-state index is 0.144. The molecule has 100 valence electrons. The lowest BCUT2D eigenvalue weighted by molar-refractivity contribution is 0.0572. The number of aliphatic hydroxyl groups excluding tert-OH is 2. The fourth-order valence-electron chi connectivity index (χ4n) is 1.66. The molecule has 2 heterocycles. The Morgan fingerprint density at radius 3 is 2.50 bits per heavy atom. The number of β-amino-alcohol motifs (C(OH)–C–C–N with tert-alkyl or cyclic N) is 2. The number of rotatable bonds is 2. The molecule has 9 heteroatoms. The van der Waals surface area contributed by atoms with Crippen molar-refractivity contribution in [1.82, 2.24) is 9.29 Å². The van der Waals surface area contributed by atoms with Crippen LogP contribution in [-0.2, 0) is 10.0 Å². The van der Waals surface area contributed by atoms with E-state index in [1.165, 1.54) is 12.3 Å². The molecule has 1 aromatic rings. The number of hydrogen-bond acceptors (Lipinski definition) is 5. The van der Waals surface area contributed by atoms with E-state index >= 15 is 0 Å². The van der Waals surface area contributed by atoms with Crippen LogP contribution in [0, 0.1) is 0 Å². The molecule has 2 atom stereocenters. The molecule has 2 unspecified atom stereocenters. The van der Waals surface area contributed by atoms with Crippen LogP contribution in [0.1, 0.15) is 0 Å². The Balaban J connectivity index is 2.40.